The van der Waals surface area contributed by atoms with Crippen LogP contribution in [0.2, 0.25) is 0 Å². The fourth-order valence-electron chi connectivity index (χ4n) is 1.67. The van der Waals surface area contributed by atoms with Gasteiger partial charge in [0.25, 0.3) is 0 Å². The van der Waals surface area contributed by atoms with Crippen molar-refractivity contribution in [3.8, 4) is 0 Å². The number of hydrogen-bond donors (Lipinski definition) is 2. The summed E-state index contributed by atoms with van der Waals surface area (Å²) in [5, 5.41) is 17.8. The second-order valence-corrected chi connectivity index (χ2v) is 7.12. The monoisotopic (exact) mass is 413 g/mol. The molecule has 0 aliphatic carbocycles. The minimum Gasteiger partial charge on any atom is -0.478 e. The summed E-state index contributed by atoms with van der Waals surface area (Å²) in [4.78, 5) is 11.0. The second kappa shape index (κ2) is 7.34. The molecule has 2 N–H and O–H groups in total. The van der Waals surface area contributed by atoms with E-state index in [9.17, 15) is 13.2 Å². The maximum atomic E-state index is 12.4. The topological polar surface area (TPSA) is 94.9 Å². The van der Waals surface area contributed by atoms with Crippen molar-refractivity contribution >= 4 is 38.6 Å². The van der Waals surface area contributed by atoms with Gasteiger partial charge in [0, 0.05) is 23.3 Å². The zero-order chi connectivity index (χ0) is 15.3. The standard InChI is InChI=1S/C12H16INO5S/c1-2-14(6-3-7-15)20(18,19)9-4-5-11(13)10(8-9)12(16)17/h4-5,8,15H,2-3,6-7H2,1H3,(H,16,17). The van der Waals surface area contributed by atoms with Gasteiger partial charge in [-0.25, -0.2) is 13.2 Å². The first-order chi connectivity index (χ1) is 9.34. The highest BCUT2D eigenvalue weighted by Gasteiger charge is 2.24. The van der Waals surface area contributed by atoms with Crippen molar-refractivity contribution in [3.63, 3.8) is 0 Å². The van der Waals surface area contributed by atoms with Crippen molar-refractivity contribution in [3.05, 3.63) is 27.3 Å². The van der Waals surface area contributed by atoms with E-state index in [1.165, 1.54) is 22.5 Å². The smallest absolute Gasteiger partial charge is 0.336 e. The van der Waals surface area contributed by atoms with Gasteiger partial charge in [-0.1, -0.05) is 6.92 Å². The highest BCUT2D eigenvalue weighted by molar-refractivity contribution is 14.1. The Morgan fingerprint density at radius 2 is 2.05 bits per heavy atom. The Morgan fingerprint density at radius 3 is 2.55 bits per heavy atom. The fourth-order valence-corrected chi connectivity index (χ4v) is 3.75. The summed E-state index contributed by atoms with van der Waals surface area (Å²) >= 11 is 1.85. The third-order valence-corrected chi connectivity index (χ3v) is 5.64. The molecule has 0 unspecified atom stereocenters. The van der Waals surface area contributed by atoms with Gasteiger partial charge >= 0.3 is 5.97 Å². The molecule has 0 aliphatic heterocycles. The molecule has 0 amide bonds. The summed E-state index contributed by atoms with van der Waals surface area (Å²) < 4.78 is 26.5. The van der Waals surface area contributed by atoms with Crippen molar-refractivity contribution < 1.29 is 23.4 Å². The molecule has 112 valence electrons. The van der Waals surface area contributed by atoms with Crippen LogP contribution in [0.5, 0.6) is 0 Å². The second-order valence-electron chi connectivity index (χ2n) is 4.02. The molecule has 0 bridgehead atoms. The van der Waals surface area contributed by atoms with Crippen LogP contribution in [0, 0.1) is 3.57 Å². The number of aliphatic hydroxyl groups is 1. The van der Waals surface area contributed by atoms with Crippen LogP contribution in [0.25, 0.3) is 0 Å². The van der Waals surface area contributed by atoms with E-state index >= 15 is 0 Å². The molecule has 0 heterocycles. The van der Waals surface area contributed by atoms with Gasteiger partial charge in [0.1, 0.15) is 0 Å². The lowest BCUT2D eigenvalue weighted by Gasteiger charge is -2.20. The molecule has 0 aromatic heterocycles. The molecule has 0 atom stereocenters. The van der Waals surface area contributed by atoms with Crippen molar-refractivity contribution in [2.45, 2.75) is 18.2 Å². The van der Waals surface area contributed by atoms with Crippen molar-refractivity contribution in [1.29, 1.82) is 0 Å². The number of halogens is 1. The Hall–Kier alpha value is -0.710. The summed E-state index contributed by atoms with van der Waals surface area (Å²) in [7, 11) is -3.74. The zero-order valence-electron chi connectivity index (χ0n) is 10.9. The number of sulfonamides is 1. The van der Waals surface area contributed by atoms with E-state index < -0.39 is 16.0 Å². The molecular formula is C12H16INO5S. The van der Waals surface area contributed by atoms with Crippen molar-refractivity contribution in [2.75, 3.05) is 19.7 Å². The van der Waals surface area contributed by atoms with Crippen molar-refractivity contribution in [1.82, 2.24) is 4.31 Å². The van der Waals surface area contributed by atoms with Gasteiger partial charge < -0.3 is 10.2 Å². The number of aromatic carboxylic acids is 1. The molecule has 8 heteroatoms. The number of rotatable bonds is 7. The Labute approximate surface area is 131 Å². The van der Waals surface area contributed by atoms with Crippen LogP contribution < -0.4 is 0 Å². The molecule has 1 aromatic rings. The van der Waals surface area contributed by atoms with E-state index in [4.69, 9.17) is 10.2 Å². The Kier molecular flexibility index (Phi) is 6.37. The fraction of sp³-hybridized carbons (Fsp3) is 0.417. The number of benzene rings is 1. The highest BCUT2D eigenvalue weighted by atomic mass is 127. The lowest BCUT2D eigenvalue weighted by atomic mass is 10.2. The maximum absolute atomic E-state index is 12.4. The molecule has 6 nitrogen and oxygen atoms in total. The Morgan fingerprint density at radius 1 is 1.40 bits per heavy atom. The highest BCUT2D eigenvalue weighted by Crippen LogP contribution is 2.21. The molecular weight excluding hydrogens is 397 g/mol. The molecule has 0 radical (unpaired) electrons. The molecule has 0 fully saturated rings. The predicted molar refractivity (Wildman–Crippen MR) is 82.3 cm³/mol. The summed E-state index contributed by atoms with van der Waals surface area (Å²) in [5.74, 6) is -1.16. The van der Waals surface area contributed by atoms with Crippen LogP contribution in [-0.2, 0) is 10.0 Å². The first-order valence-electron chi connectivity index (χ1n) is 5.98. The molecule has 1 rings (SSSR count). The van der Waals surface area contributed by atoms with E-state index in [1.807, 2.05) is 22.6 Å². The van der Waals surface area contributed by atoms with Crippen LogP contribution in [0.1, 0.15) is 23.7 Å². The minimum atomic E-state index is -3.74. The number of nitrogens with zero attached hydrogens (tertiary/aromatic N) is 1. The molecule has 0 saturated heterocycles. The molecule has 1 aromatic carbocycles. The Balaban J connectivity index is 3.20. The minimum absolute atomic E-state index is 0.0371. The van der Waals surface area contributed by atoms with Crippen molar-refractivity contribution in [2.24, 2.45) is 0 Å². The van der Waals surface area contributed by atoms with Gasteiger partial charge in [0.15, 0.2) is 0 Å². The number of hydrogen-bond acceptors (Lipinski definition) is 4. The van der Waals surface area contributed by atoms with Gasteiger partial charge in [0.05, 0.1) is 10.5 Å². The van der Waals surface area contributed by atoms with Crippen LogP contribution in [0.15, 0.2) is 23.1 Å². The SMILES string of the molecule is CCN(CCCO)S(=O)(=O)c1ccc(I)c(C(=O)O)c1. The molecule has 0 spiro atoms. The molecule has 0 aliphatic rings. The van der Waals surface area contributed by atoms with Crippen LogP contribution >= 0.6 is 22.6 Å². The van der Waals surface area contributed by atoms with E-state index in [2.05, 4.69) is 0 Å². The largest absolute Gasteiger partial charge is 0.478 e. The van der Waals surface area contributed by atoms with E-state index in [0.717, 1.165) is 0 Å². The normalized spacial score (nSPS) is 11.8. The average molecular weight is 413 g/mol. The summed E-state index contributed by atoms with van der Waals surface area (Å²) in [6.07, 6.45) is 0.337. The third kappa shape index (κ3) is 3.90. The van der Waals surface area contributed by atoms with Crippen LogP contribution in [0.3, 0.4) is 0 Å². The quantitative estimate of drug-likeness (QED) is 0.659. The molecule has 20 heavy (non-hydrogen) atoms. The number of aliphatic hydroxyl groups excluding tert-OH is 1. The first-order valence-corrected chi connectivity index (χ1v) is 8.50. The summed E-state index contributed by atoms with van der Waals surface area (Å²) in [6, 6.07) is 4.03. The summed E-state index contributed by atoms with van der Waals surface area (Å²) in [5.41, 5.74) is -0.0371. The average Bonchev–Trinajstić information content (AvgIpc) is 2.39. The van der Waals surface area contributed by atoms with Gasteiger partial charge in [-0.05, 0) is 47.2 Å². The zero-order valence-corrected chi connectivity index (χ0v) is 13.9. The van der Waals surface area contributed by atoms with Crippen LogP contribution in [-0.4, -0.2) is 48.6 Å². The number of carboxylic acids is 1. The summed E-state index contributed by atoms with van der Waals surface area (Å²) in [6.45, 7) is 2.05. The lowest BCUT2D eigenvalue weighted by molar-refractivity contribution is 0.0695. The van der Waals surface area contributed by atoms with Crippen LogP contribution in [0.4, 0.5) is 0 Å². The first kappa shape index (κ1) is 17.3. The predicted octanol–water partition coefficient (Wildman–Crippen LogP) is 1.38. The molecule has 0 saturated carbocycles. The van der Waals surface area contributed by atoms with E-state index in [1.54, 1.807) is 6.92 Å². The Bertz CT molecular complexity index is 588. The van der Waals surface area contributed by atoms with Gasteiger partial charge in [-0.2, -0.15) is 4.31 Å². The maximum Gasteiger partial charge on any atom is 0.336 e. The number of carbonyl (C=O) groups is 1. The van der Waals surface area contributed by atoms with E-state index in [-0.39, 0.29) is 30.2 Å². The van der Waals surface area contributed by atoms with Gasteiger partial charge in [-0.3, -0.25) is 0 Å². The lowest BCUT2D eigenvalue weighted by Crippen LogP contribution is -2.32. The number of carboxylic acid groups (broad SMARTS) is 1. The van der Waals surface area contributed by atoms with Gasteiger partial charge in [-0.15, -0.1) is 0 Å². The van der Waals surface area contributed by atoms with E-state index in [0.29, 0.717) is 9.99 Å². The third-order valence-electron chi connectivity index (χ3n) is 2.72. The van der Waals surface area contributed by atoms with Gasteiger partial charge in [0.2, 0.25) is 10.0 Å².